The van der Waals surface area contributed by atoms with Crippen molar-refractivity contribution in [2.24, 2.45) is 0 Å². The largest absolute Gasteiger partial charge is 0.432 e. The SMILES string of the molecule is CS(=O)(=O)c1cccc(-c2csc(/C(=C/C(=N)C(F)(F)F)Nc3cc(Cl)ccc3Cl)c2)c1. The molecule has 3 rings (SSSR count). The Kier molecular flexibility index (Phi) is 7.04. The highest BCUT2D eigenvalue weighted by atomic mass is 35.5. The summed E-state index contributed by atoms with van der Waals surface area (Å²) in [5.74, 6) is 0. The first-order valence-electron chi connectivity index (χ1n) is 8.83. The van der Waals surface area contributed by atoms with Crippen LogP contribution >= 0.6 is 34.5 Å². The van der Waals surface area contributed by atoms with Gasteiger partial charge in [0, 0.05) is 11.3 Å². The molecule has 1 heterocycles. The average Bonchev–Trinajstić information content (AvgIpc) is 3.19. The molecule has 11 heteroatoms. The van der Waals surface area contributed by atoms with E-state index in [2.05, 4.69) is 5.32 Å². The number of anilines is 1. The molecule has 2 N–H and O–H groups in total. The zero-order chi connectivity index (χ0) is 23.7. The van der Waals surface area contributed by atoms with Crippen molar-refractivity contribution in [2.75, 3.05) is 11.6 Å². The van der Waals surface area contributed by atoms with Crippen molar-refractivity contribution in [1.29, 1.82) is 5.41 Å². The van der Waals surface area contributed by atoms with Crippen LogP contribution in [-0.4, -0.2) is 26.6 Å². The number of hydrogen-bond donors (Lipinski definition) is 2. The lowest BCUT2D eigenvalue weighted by Gasteiger charge is -2.13. The van der Waals surface area contributed by atoms with Gasteiger partial charge in [-0.25, -0.2) is 8.42 Å². The monoisotopic (exact) mass is 518 g/mol. The molecule has 0 unspecified atom stereocenters. The maximum Gasteiger partial charge on any atom is 0.432 e. The molecule has 0 radical (unpaired) electrons. The molecule has 3 aromatic rings. The number of alkyl halides is 3. The van der Waals surface area contributed by atoms with Crippen LogP contribution in [0.15, 0.2) is 64.9 Å². The Morgan fingerprint density at radius 3 is 2.47 bits per heavy atom. The molecule has 0 amide bonds. The summed E-state index contributed by atoms with van der Waals surface area (Å²) >= 11 is 13.2. The summed E-state index contributed by atoms with van der Waals surface area (Å²) in [6, 6.07) is 12.3. The van der Waals surface area contributed by atoms with Crippen molar-refractivity contribution >= 4 is 61.5 Å². The van der Waals surface area contributed by atoms with Crippen LogP contribution in [0.4, 0.5) is 18.9 Å². The summed E-state index contributed by atoms with van der Waals surface area (Å²) in [4.78, 5) is 0.510. The lowest BCUT2D eigenvalue weighted by molar-refractivity contribution is -0.0583. The van der Waals surface area contributed by atoms with Gasteiger partial charge in [0.1, 0.15) is 5.71 Å². The van der Waals surface area contributed by atoms with Gasteiger partial charge >= 0.3 is 6.18 Å². The van der Waals surface area contributed by atoms with Crippen LogP contribution < -0.4 is 5.32 Å². The van der Waals surface area contributed by atoms with Crippen LogP contribution in [0.3, 0.4) is 0 Å². The predicted octanol–water partition coefficient (Wildman–Crippen LogP) is 7.16. The first kappa shape index (κ1) is 24.3. The number of sulfone groups is 1. The Hall–Kier alpha value is -2.33. The Bertz CT molecular complexity index is 1320. The van der Waals surface area contributed by atoms with Gasteiger partial charge in [-0.2, -0.15) is 13.2 Å². The summed E-state index contributed by atoms with van der Waals surface area (Å²) in [7, 11) is -3.43. The van der Waals surface area contributed by atoms with E-state index in [0.717, 1.165) is 17.6 Å². The van der Waals surface area contributed by atoms with Crippen molar-refractivity contribution in [3.63, 3.8) is 0 Å². The topological polar surface area (TPSA) is 70.0 Å². The Morgan fingerprint density at radius 1 is 1.09 bits per heavy atom. The van der Waals surface area contributed by atoms with Crippen LogP contribution in [0.25, 0.3) is 16.8 Å². The molecule has 0 fully saturated rings. The van der Waals surface area contributed by atoms with Crippen molar-refractivity contribution in [3.8, 4) is 11.1 Å². The minimum atomic E-state index is -4.84. The highest BCUT2D eigenvalue weighted by Gasteiger charge is 2.33. The molecule has 0 aliphatic rings. The van der Waals surface area contributed by atoms with Gasteiger partial charge in [0.25, 0.3) is 0 Å². The smallest absolute Gasteiger partial charge is 0.353 e. The number of nitrogens with one attached hydrogen (secondary N) is 2. The van der Waals surface area contributed by atoms with Gasteiger partial charge in [0.2, 0.25) is 0 Å². The van der Waals surface area contributed by atoms with Crippen molar-refractivity contribution in [2.45, 2.75) is 11.1 Å². The highest BCUT2D eigenvalue weighted by molar-refractivity contribution is 7.90. The second kappa shape index (κ2) is 9.27. The van der Waals surface area contributed by atoms with Crippen LogP contribution in [0.1, 0.15) is 4.88 Å². The molecular weight excluding hydrogens is 504 g/mol. The maximum absolute atomic E-state index is 13.0. The van der Waals surface area contributed by atoms with Crippen LogP contribution in [0, 0.1) is 5.41 Å². The minimum absolute atomic E-state index is 0.00740. The Labute approximate surface area is 196 Å². The summed E-state index contributed by atoms with van der Waals surface area (Å²) in [5.41, 5.74) is -0.0889. The molecule has 0 saturated heterocycles. The molecule has 0 spiro atoms. The Morgan fingerprint density at radius 2 is 1.81 bits per heavy atom. The van der Waals surface area contributed by atoms with E-state index in [0.29, 0.717) is 27.1 Å². The maximum atomic E-state index is 13.0. The van der Waals surface area contributed by atoms with Crippen LogP contribution in [-0.2, 0) is 9.84 Å². The van der Waals surface area contributed by atoms with E-state index in [1.807, 2.05) is 0 Å². The number of thiophene rings is 1. The van der Waals surface area contributed by atoms with Crippen molar-refractivity contribution < 1.29 is 21.6 Å². The third-order valence-electron chi connectivity index (χ3n) is 4.25. The normalized spacial score (nSPS) is 12.6. The van der Waals surface area contributed by atoms with Gasteiger partial charge in [-0.15, -0.1) is 11.3 Å². The van der Waals surface area contributed by atoms with Gasteiger partial charge in [-0.1, -0.05) is 35.3 Å². The molecule has 2 aromatic carbocycles. The van der Waals surface area contributed by atoms with E-state index in [1.54, 1.807) is 23.6 Å². The van der Waals surface area contributed by atoms with Gasteiger partial charge in [0.05, 0.1) is 26.2 Å². The second-order valence-electron chi connectivity index (χ2n) is 6.72. The van der Waals surface area contributed by atoms with Crippen LogP contribution in [0.2, 0.25) is 10.0 Å². The number of benzene rings is 2. The summed E-state index contributed by atoms with van der Waals surface area (Å²) in [5, 5.41) is 12.5. The second-order valence-corrected chi connectivity index (χ2v) is 10.5. The van der Waals surface area contributed by atoms with Crippen molar-refractivity contribution in [1.82, 2.24) is 0 Å². The average molecular weight is 519 g/mol. The van der Waals surface area contributed by atoms with Gasteiger partial charge < -0.3 is 5.32 Å². The minimum Gasteiger partial charge on any atom is -0.353 e. The molecular formula is C21H15Cl2F3N2O2S2. The van der Waals surface area contributed by atoms with E-state index in [-0.39, 0.29) is 21.3 Å². The fraction of sp³-hybridized carbons (Fsp3) is 0.0952. The molecule has 0 saturated carbocycles. The van der Waals surface area contributed by atoms with Gasteiger partial charge in [0.15, 0.2) is 9.84 Å². The van der Waals surface area contributed by atoms with E-state index in [1.165, 1.54) is 30.3 Å². The summed E-state index contributed by atoms with van der Waals surface area (Å²) in [6.45, 7) is 0. The lowest BCUT2D eigenvalue weighted by Crippen LogP contribution is -2.20. The number of hydrogen-bond acceptors (Lipinski definition) is 5. The fourth-order valence-electron chi connectivity index (χ4n) is 2.67. The number of halogens is 5. The third-order valence-corrected chi connectivity index (χ3v) is 6.89. The molecule has 4 nitrogen and oxygen atoms in total. The van der Waals surface area contributed by atoms with E-state index in [9.17, 15) is 21.6 Å². The first-order chi connectivity index (χ1) is 14.8. The standard InChI is InChI=1S/C21H15Cl2F3N2O2S2/c1-32(29,30)15-4-2-3-12(7-15)13-8-19(31-11-13)18(10-20(27)21(24,25)26)28-17-9-14(22)5-6-16(17)23/h2-11,27-28H,1H3/b18-10-,27-20?. The number of rotatable bonds is 6. The summed E-state index contributed by atoms with van der Waals surface area (Å²) < 4.78 is 62.8. The molecule has 1 aromatic heterocycles. The highest BCUT2D eigenvalue weighted by Crippen LogP contribution is 2.34. The van der Waals surface area contributed by atoms with Gasteiger partial charge in [-0.3, -0.25) is 5.41 Å². The molecule has 0 atom stereocenters. The molecule has 0 aliphatic carbocycles. The molecule has 0 bridgehead atoms. The molecule has 32 heavy (non-hydrogen) atoms. The lowest BCUT2D eigenvalue weighted by atomic mass is 10.1. The van der Waals surface area contributed by atoms with E-state index in [4.69, 9.17) is 28.6 Å². The van der Waals surface area contributed by atoms with Crippen molar-refractivity contribution in [3.05, 3.63) is 74.9 Å². The zero-order valence-electron chi connectivity index (χ0n) is 16.3. The quantitative estimate of drug-likeness (QED) is 0.340. The fourth-order valence-corrected chi connectivity index (χ4v) is 4.56. The molecule has 0 aliphatic heterocycles. The summed E-state index contributed by atoms with van der Waals surface area (Å²) in [6.07, 6.45) is -3.08. The predicted molar refractivity (Wildman–Crippen MR) is 125 cm³/mol. The van der Waals surface area contributed by atoms with E-state index < -0.39 is 21.7 Å². The number of allylic oxidation sites excluding steroid dienone is 1. The first-order valence-corrected chi connectivity index (χ1v) is 12.4. The Balaban J connectivity index is 2.05. The van der Waals surface area contributed by atoms with E-state index >= 15 is 0 Å². The van der Waals surface area contributed by atoms with Gasteiger partial charge in [-0.05, 0) is 59.0 Å². The molecule has 168 valence electrons. The van der Waals surface area contributed by atoms with Crippen LogP contribution in [0.5, 0.6) is 0 Å². The zero-order valence-corrected chi connectivity index (χ0v) is 19.4. The third kappa shape index (κ3) is 5.92.